The number of alkyl halides is 3. The molecule has 0 N–H and O–H groups in total. The van der Waals surface area contributed by atoms with Gasteiger partial charge in [0.05, 0.1) is 7.11 Å². The molecule has 0 atom stereocenters. The van der Waals surface area contributed by atoms with Crippen LogP contribution in [0.25, 0.3) is 0 Å². The van der Waals surface area contributed by atoms with Gasteiger partial charge in [0.15, 0.2) is 0 Å². The van der Waals surface area contributed by atoms with E-state index in [0.29, 0.717) is 11.3 Å². The SMILES string of the molecule is COc1c(C)ccc(C(=O)C(F)(F)F)c1C. The number of carbonyl (C=O) groups is 1. The van der Waals surface area contributed by atoms with Crippen molar-refractivity contribution in [2.75, 3.05) is 7.11 Å². The fraction of sp³-hybridized carbons (Fsp3) is 0.364. The van der Waals surface area contributed by atoms with Crippen molar-refractivity contribution in [1.82, 2.24) is 0 Å². The van der Waals surface area contributed by atoms with Crippen molar-refractivity contribution < 1.29 is 22.7 Å². The van der Waals surface area contributed by atoms with E-state index >= 15 is 0 Å². The van der Waals surface area contributed by atoms with Crippen LogP contribution in [0, 0.1) is 13.8 Å². The zero-order chi connectivity index (χ0) is 12.5. The Morgan fingerprint density at radius 3 is 2.25 bits per heavy atom. The molecule has 1 aromatic carbocycles. The van der Waals surface area contributed by atoms with Crippen LogP contribution in [-0.2, 0) is 0 Å². The Kier molecular flexibility index (Phi) is 3.26. The maximum absolute atomic E-state index is 12.3. The number of methoxy groups -OCH3 is 1. The number of hydrogen-bond acceptors (Lipinski definition) is 2. The summed E-state index contributed by atoms with van der Waals surface area (Å²) in [7, 11) is 1.36. The van der Waals surface area contributed by atoms with Gasteiger partial charge in [0.1, 0.15) is 5.75 Å². The van der Waals surface area contributed by atoms with Crippen molar-refractivity contribution in [3.8, 4) is 5.75 Å². The number of ketones is 1. The Hall–Kier alpha value is -1.52. The molecule has 0 heterocycles. The Morgan fingerprint density at radius 1 is 1.25 bits per heavy atom. The lowest BCUT2D eigenvalue weighted by Gasteiger charge is -2.13. The molecule has 0 fully saturated rings. The van der Waals surface area contributed by atoms with E-state index in [1.54, 1.807) is 6.92 Å². The zero-order valence-corrected chi connectivity index (χ0v) is 9.11. The van der Waals surface area contributed by atoms with Gasteiger partial charge in [-0.05, 0) is 19.4 Å². The molecule has 0 aliphatic carbocycles. The number of aryl methyl sites for hydroxylation is 1. The molecular weight excluding hydrogens is 221 g/mol. The third-order valence-electron chi connectivity index (χ3n) is 2.31. The van der Waals surface area contributed by atoms with Crippen molar-refractivity contribution >= 4 is 5.78 Å². The van der Waals surface area contributed by atoms with E-state index < -0.39 is 12.0 Å². The Bertz CT molecular complexity index is 422. The minimum absolute atomic E-state index is 0.213. The molecule has 0 spiro atoms. The minimum atomic E-state index is -4.86. The summed E-state index contributed by atoms with van der Waals surface area (Å²) in [5, 5.41) is 0. The molecule has 1 aromatic rings. The number of benzene rings is 1. The number of ether oxygens (including phenoxy) is 1. The predicted octanol–water partition coefficient (Wildman–Crippen LogP) is 3.06. The second-order valence-electron chi connectivity index (χ2n) is 3.42. The Morgan fingerprint density at radius 2 is 1.81 bits per heavy atom. The van der Waals surface area contributed by atoms with Gasteiger partial charge in [0.2, 0.25) is 0 Å². The fourth-order valence-corrected chi connectivity index (χ4v) is 1.54. The van der Waals surface area contributed by atoms with Crippen LogP contribution in [0.15, 0.2) is 12.1 Å². The van der Waals surface area contributed by atoms with E-state index in [9.17, 15) is 18.0 Å². The number of carbonyl (C=O) groups excluding carboxylic acids is 1. The molecule has 0 aliphatic rings. The van der Waals surface area contributed by atoms with Gasteiger partial charge >= 0.3 is 6.18 Å². The number of Topliss-reactive ketones (excluding diaryl/α,β-unsaturated/α-hetero) is 1. The highest BCUT2D eigenvalue weighted by molar-refractivity contribution is 6.02. The highest BCUT2D eigenvalue weighted by Gasteiger charge is 2.40. The molecule has 0 saturated heterocycles. The first-order valence-corrected chi connectivity index (χ1v) is 4.54. The number of rotatable bonds is 2. The molecular formula is C11H11F3O2. The maximum Gasteiger partial charge on any atom is 0.454 e. The molecule has 0 saturated carbocycles. The Balaban J connectivity index is 3.32. The highest BCUT2D eigenvalue weighted by Crippen LogP contribution is 2.30. The predicted molar refractivity (Wildman–Crippen MR) is 52.9 cm³/mol. The largest absolute Gasteiger partial charge is 0.496 e. The molecule has 0 bridgehead atoms. The molecule has 1 rings (SSSR count). The standard InChI is InChI=1S/C11H11F3O2/c1-6-4-5-8(7(2)9(6)16-3)10(15)11(12,13)14/h4-5H,1-3H3. The van der Waals surface area contributed by atoms with Crippen molar-refractivity contribution in [2.24, 2.45) is 0 Å². The topological polar surface area (TPSA) is 26.3 Å². The first-order valence-electron chi connectivity index (χ1n) is 4.54. The van der Waals surface area contributed by atoms with E-state index in [0.717, 1.165) is 0 Å². The van der Waals surface area contributed by atoms with E-state index in [-0.39, 0.29) is 11.1 Å². The van der Waals surface area contributed by atoms with Crippen LogP contribution >= 0.6 is 0 Å². The second-order valence-corrected chi connectivity index (χ2v) is 3.42. The normalized spacial score (nSPS) is 11.4. The maximum atomic E-state index is 12.3. The molecule has 0 aliphatic heterocycles. The minimum Gasteiger partial charge on any atom is -0.496 e. The van der Waals surface area contributed by atoms with Crippen molar-refractivity contribution in [1.29, 1.82) is 0 Å². The summed E-state index contributed by atoms with van der Waals surface area (Å²) in [6.45, 7) is 3.14. The number of hydrogen-bond donors (Lipinski definition) is 0. The lowest BCUT2D eigenvalue weighted by Crippen LogP contribution is -2.23. The van der Waals surface area contributed by atoms with Gasteiger partial charge in [-0.2, -0.15) is 13.2 Å². The molecule has 0 aromatic heterocycles. The second kappa shape index (κ2) is 4.15. The van der Waals surface area contributed by atoms with E-state index in [1.807, 2.05) is 0 Å². The molecule has 2 nitrogen and oxygen atoms in total. The van der Waals surface area contributed by atoms with Gasteiger partial charge in [-0.25, -0.2) is 0 Å². The van der Waals surface area contributed by atoms with Gasteiger partial charge in [-0.3, -0.25) is 4.79 Å². The first-order chi connectivity index (χ1) is 7.29. The van der Waals surface area contributed by atoms with Gasteiger partial charge in [0.25, 0.3) is 5.78 Å². The quantitative estimate of drug-likeness (QED) is 0.732. The highest BCUT2D eigenvalue weighted by atomic mass is 19.4. The zero-order valence-electron chi connectivity index (χ0n) is 9.11. The summed E-state index contributed by atoms with van der Waals surface area (Å²) >= 11 is 0. The molecule has 0 radical (unpaired) electrons. The summed E-state index contributed by atoms with van der Waals surface area (Å²) in [5.74, 6) is -1.53. The van der Waals surface area contributed by atoms with Gasteiger partial charge in [-0.1, -0.05) is 12.1 Å². The van der Waals surface area contributed by atoms with Crippen LogP contribution in [0.2, 0.25) is 0 Å². The van der Waals surface area contributed by atoms with Gasteiger partial charge in [0, 0.05) is 11.1 Å². The third-order valence-corrected chi connectivity index (χ3v) is 2.31. The molecule has 88 valence electrons. The fourth-order valence-electron chi connectivity index (χ4n) is 1.54. The average Bonchev–Trinajstić information content (AvgIpc) is 2.16. The Labute approximate surface area is 91.0 Å². The lowest BCUT2D eigenvalue weighted by atomic mass is 10.0. The van der Waals surface area contributed by atoms with Crippen LogP contribution in [0.1, 0.15) is 21.5 Å². The summed E-state index contributed by atoms with van der Waals surface area (Å²) in [6.07, 6.45) is -4.86. The average molecular weight is 232 g/mol. The van der Waals surface area contributed by atoms with Crippen LogP contribution in [0.3, 0.4) is 0 Å². The summed E-state index contributed by atoms with van der Waals surface area (Å²) in [4.78, 5) is 11.1. The summed E-state index contributed by atoms with van der Waals surface area (Å²) in [5.41, 5.74) is 0.540. The lowest BCUT2D eigenvalue weighted by molar-refractivity contribution is -0.0885. The van der Waals surface area contributed by atoms with Crippen LogP contribution in [0.5, 0.6) is 5.75 Å². The van der Waals surface area contributed by atoms with Crippen LogP contribution < -0.4 is 4.74 Å². The van der Waals surface area contributed by atoms with Gasteiger partial charge < -0.3 is 4.74 Å². The molecule has 16 heavy (non-hydrogen) atoms. The monoisotopic (exact) mass is 232 g/mol. The van der Waals surface area contributed by atoms with E-state index in [4.69, 9.17) is 4.74 Å². The smallest absolute Gasteiger partial charge is 0.454 e. The molecule has 0 unspecified atom stereocenters. The number of halogens is 3. The van der Waals surface area contributed by atoms with Crippen LogP contribution in [0.4, 0.5) is 13.2 Å². The van der Waals surface area contributed by atoms with E-state index in [2.05, 4.69) is 0 Å². The van der Waals surface area contributed by atoms with Crippen molar-refractivity contribution in [2.45, 2.75) is 20.0 Å². The van der Waals surface area contributed by atoms with Crippen molar-refractivity contribution in [3.05, 3.63) is 28.8 Å². The van der Waals surface area contributed by atoms with E-state index in [1.165, 1.54) is 26.2 Å². The van der Waals surface area contributed by atoms with Gasteiger partial charge in [-0.15, -0.1) is 0 Å². The third kappa shape index (κ3) is 2.18. The molecule has 0 amide bonds. The first kappa shape index (κ1) is 12.5. The summed E-state index contributed by atoms with van der Waals surface area (Å²) < 4.78 is 41.7. The van der Waals surface area contributed by atoms with Crippen LogP contribution in [-0.4, -0.2) is 19.1 Å². The van der Waals surface area contributed by atoms with Crippen molar-refractivity contribution in [3.63, 3.8) is 0 Å². The molecule has 5 heteroatoms. The summed E-state index contributed by atoms with van der Waals surface area (Å²) in [6, 6.07) is 2.60.